The molecule has 0 bridgehead atoms. The summed E-state index contributed by atoms with van der Waals surface area (Å²) in [5.74, 6) is 1.06. The average molecular weight is 452 g/mol. The Labute approximate surface area is 189 Å². The molecular weight excluding hydrogens is 430 g/mol. The van der Waals surface area contributed by atoms with Crippen LogP contribution in [0.2, 0.25) is 5.02 Å². The molecule has 2 heterocycles. The summed E-state index contributed by atoms with van der Waals surface area (Å²) in [5.41, 5.74) is 1.13. The minimum atomic E-state index is -0.840. The molecule has 164 valence electrons. The summed E-state index contributed by atoms with van der Waals surface area (Å²) in [6.07, 6.45) is 2.87. The van der Waals surface area contributed by atoms with Gasteiger partial charge in [0.2, 0.25) is 5.69 Å². The van der Waals surface area contributed by atoms with E-state index in [-0.39, 0.29) is 5.02 Å². The first-order chi connectivity index (χ1) is 15.4. The van der Waals surface area contributed by atoms with Gasteiger partial charge in [0.15, 0.2) is 0 Å². The molecule has 0 radical (unpaired) electrons. The molecule has 0 aliphatic rings. The summed E-state index contributed by atoms with van der Waals surface area (Å²) in [5, 5.41) is 14.1. The fraction of sp³-hybridized carbons (Fsp3) is 0.217. The number of ether oxygens (including phenoxy) is 1. The van der Waals surface area contributed by atoms with Gasteiger partial charge in [-0.1, -0.05) is 32.4 Å². The molecule has 0 amide bonds. The number of aromatic amines is 2. The van der Waals surface area contributed by atoms with Crippen LogP contribution in [0.4, 0.5) is 0 Å². The second-order valence-corrected chi connectivity index (χ2v) is 7.09. The molecule has 4 rings (SSSR count). The predicted octanol–water partition coefficient (Wildman–Crippen LogP) is 4.62. The van der Waals surface area contributed by atoms with Gasteiger partial charge in [0.25, 0.3) is 5.56 Å². The van der Waals surface area contributed by atoms with Crippen LogP contribution < -0.4 is 16.0 Å². The van der Waals surface area contributed by atoms with E-state index < -0.39 is 16.9 Å². The Morgan fingerprint density at radius 3 is 2.62 bits per heavy atom. The van der Waals surface area contributed by atoms with Crippen molar-refractivity contribution in [2.75, 3.05) is 0 Å². The highest BCUT2D eigenvalue weighted by molar-refractivity contribution is 6.32. The molecule has 2 aromatic heterocycles. The van der Waals surface area contributed by atoms with E-state index >= 15 is 0 Å². The third-order valence-electron chi connectivity index (χ3n) is 4.73. The van der Waals surface area contributed by atoms with Gasteiger partial charge in [0.1, 0.15) is 17.6 Å². The smallest absolute Gasteiger partial charge is 0.349 e. The second-order valence-electron chi connectivity index (χ2n) is 6.68. The van der Waals surface area contributed by atoms with E-state index in [1.54, 1.807) is 19.1 Å². The zero-order valence-corrected chi connectivity index (χ0v) is 18.9. The summed E-state index contributed by atoms with van der Waals surface area (Å²) in [6.45, 7) is 7.86. The third kappa shape index (κ3) is 4.29. The lowest BCUT2D eigenvalue weighted by Crippen LogP contribution is -2.33. The molecule has 2 N–H and O–H groups in total. The van der Waals surface area contributed by atoms with Crippen molar-refractivity contribution in [3.05, 3.63) is 79.2 Å². The number of nitriles is 1. The van der Waals surface area contributed by atoms with E-state index in [1.165, 1.54) is 11.6 Å². The fourth-order valence-electron chi connectivity index (χ4n) is 3.24. The van der Waals surface area contributed by atoms with Crippen LogP contribution in [0.5, 0.6) is 11.5 Å². The molecule has 0 unspecified atom stereocenters. The molecule has 0 fully saturated rings. The lowest BCUT2D eigenvalue weighted by molar-refractivity contribution is 0.479. The van der Waals surface area contributed by atoms with Crippen molar-refractivity contribution in [1.29, 1.82) is 5.26 Å². The Morgan fingerprint density at radius 1 is 1.22 bits per heavy atom. The van der Waals surface area contributed by atoms with E-state index in [2.05, 4.69) is 22.0 Å². The topological polar surface area (TPSA) is 117 Å². The first-order valence-corrected chi connectivity index (χ1v) is 10.5. The normalized spacial score (nSPS) is 10.4. The van der Waals surface area contributed by atoms with Gasteiger partial charge in [-0.25, -0.2) is 4.79 Å². The lowest BCUT2D eigenvalue weighted by Gasteiger charge is -2.13. The standard InChI is InChI=1S/C21H16ClN5O3.C2H6/c1-3-12-10-24-17-5-4-14(8-15(12)17)30-19-11(2)6-13(7-16(19)22)27-21(29)25-20(28)18(9-23)26-27;1-2/h4-8,10,24H,3H2,1-2H3,(H,25,28,29);1-2H3. The maximum Gasteiger partial charge on any atom is 0.349 e. The molecule has 0 aliphatic heterocycles. The van der Waals surface area contributed by atoms with Crippen molar-refractivity contribution in [1.82, 2.24) is 19.7 Å². The van der Waals surface area contributed by atoms with Crippen LogP contribution in [0.3, 0.4) is 0 Å². The zero-order chi connectivity index (χ0) is 23.4. The Kier molecular flexibility index (Phi) is 6.81. The van der Waals surface area contributed by atoms with Gasteiger partial charge in [0, 0.05) is 17.1 Å². The first-order valence-electron chi connectivity index (χ1n) is 10.1. The minimum Gasteiger partial charge on any atom is -0.456 e. The van der Waals surface area contributed by atoms with Crippen molar-refractivity contribution in [3.8, 4) is 23.3 Å². The van der Waals surface area contributed by atoms with Gasteiger partial charge in [0.05, 0.1) is 10.7 Å². The maximum atomic E-state index is 12.1. The number of rotatable bonds is 4. The number of fused-ring (bicyclic) bond motifs is 1. The van der Waals surface area contributed by atoms with Gasteiger partial charge in [-0.2, -0.15) is 9.94 Å². The summed E-state index contributed by atoms with van der Waals surface area (Å²) in [4.78, 5) is 29.0. The summed E-state index contributed by atoms with van der Waals surface area (Å²) < 4.78 is 6.96. The van der Waals surface area contributed by atoms with Crippen molar-refractivity contribution in [3.63, 3.8) is 0 Å². The van der Waals surface area contributed by atoms with E-state index in [1.807, 2.05) is 38.2 Å². The molecule has 32 heavy (non-hydrogen) atoms. The predicted molar refractivity (Wildman–Crippen MR) is 124 cm³/mol. The van der Waals surface area contributed by atoms with Crippen molar-refractivity contribution < 1.29 is 4.74 Å². The zero-order valence-electron chi connectivity index (χ0n) is 18.1. The van der Waals surface area contributed by atoms with Crippen LogP contribution >= 0.6 is 11.6 Å². The van der Waals surface area contributed by atoms with Crippen LogP contribution in [-0.2, 0) is 6.42 Å². The highest BCUT2D eigenvalue weighted by atomic mass is 35.5. The molecule has 2 aromatic carbocycles. The van der Waals surface area contributed by atoms with Crippen molar-refractivity contribution in [2.24, 2.45) is 0 Å². The SMILES string of the molecule is CC.CCc1c[nH]c2ccc(Oc3c(C)cc(-n4nc(C#N)c(=O)[nH]c4=O)cc3Cl)cc12. The number of hydrogen-bond acceptors (Lipinski definition) is 5. The van der Waals surface area contributed by atoms with Crippen molar-refractivity contribution >= 4 is 22.5 Å². The third-order valence-corrected chi connectivity index (χ3v) is 5.01. The minimum absolute atomic E-state index is 0.258. The Hall–Kier alpha value is -3.83. The summed E-state index contributed by atoms with van der Waals surface area (Å²) in [7, 11) is 0. The average Bonchev–Trinajstić information content (AvgIpc) is 3.20. The Bertz CT molecular complexity index is 1420. The summed E-state index contributed by atoms with van der Waals surface area (Å²) in [6, 6.07) is 10.5. The summed E-state index contributed by atoms with van der Waals surface area (Å²) >= 11 is 6.44. The largest absolute Gasteiger partial charge is 0.456 e. The monoisotopic (exact) mass is 451 g/mol. The van der Waals surface area contributed by atoms with Gasteiger partial charge >= 0.3 is 5.69 Å². The van der Waals surface area contributed by atoms with Crippen LogP contribution in [-0.4, -0.2) is 19.7 Å². The van der Waals surface area contributed by atoms with Gasteiger partial charge in [-0.15, -0.1) is 5.10 Å². The molecule has 0 atom stereocenters. The Balaban J connectivity index is 0.00000141. The van der Waals surface area contributed by atoms with Gasteiger partial charge in [-0.05, 0) is 54.8 Å². The number of halogens is 1. The van der Waals surface area contributed by atoms with E-state index in [0.29, 0.717) is 22.7 Å². The van der Waals surface area contributed by atoms with E-state index in [0.717, 1.165) is 22.0 Å². The highest BCUT2D eigenvalue weighted by Gasteiger charge is 2.14. The molecule has 0 saturated carbocycles. The number of nitrogens with zero attached hydrogens (tertiary/aromatic N) is 3. The van der Waals surface area contributed by atoms with Crippen molar-refractivity contribution in [2.45, 2.75) is 34.1 Å². The number of aromatic nitrogens is 4. The van der Waals surface area contributed by atoms with Crippen LogP contribution in [0.15, 0.2) is 46.1 Å². The number of nitrogens with one attached hydrogen (secondary N) is 2. The highest BCUT2D eigenvalue weighted by Crippen LogP contribution is 2.35. The maximum absolute atomic E-state index is 12.1. The molecule has 4 aromatic rings. The lowest BCUT2D eigenvalue weighted by atomic mass is 10.1. The second kappa shape index (κ2) is 9.54. The number of H-pyrrole nitrogens is 2. The fourth-order valence-corrected chi connectivity index (χ4v) is 3.54. The molecule has 0 spiro atoms. The van der Waals surface area contributed by atoms with Crippen LogP contribution in [0.1, 0.15) is 37.6 Å². The van der Waals surface area contributed by atoms with Crippen LogP contribution in [0, 0.1) is 18.3 Å². The van der Waals surface area contributed by atoms with Gasteiger partial charge < -0.3 is 9.72 Å². The quantitative estimate of drug-likeness (QED) is 0.469. The molecule has 9 heteroatoms. The molecule has 0 saturated heterocycles. The number of hydrogen-bond donors (Lipinski definition) is 2. The Morgan fingerprint density at radius 2 is 1.97 bits per heavy atom. The molecule has 0 aliphatic carbocycles. The first kappa shape index (κ1) is 22.8. The van der Waals surface area contributed by atoms with Gasteiger partial charge in [-0.3, -0.25) is 9.78 Å². The molecule has 8 nitrogen and oxygen atoms in total. The number of benzene rings is 2. The molecular formula is C23H22ClN5O3. The van der Waals surface area contributed by atoms with E-state index in [9.17, 15) is 9.59 Å². The van der Waals surface area contributed by atoms with Crippen LogP contribution in [0.25, 0.3) is 16.6 Å². The van der Waals surface area contributed by atoms with E-state index in [4.69, 9.17) is 21.6 Å². The number of aryl methyl sites for hydroxylation is 2.